The highest BCUT2D eigenvalue weighted by Gasteiger charge is 2.29. The van der Waals surface area contributed by atoms with Crippen LogP contribution in [0.1, 0.15) is 53.5 Å². The van der Waals surface area contributed by atoms with Gasteiger partial charge in [-0.25, -0.2) is 9.97 Å². The predicted octanol–water partition coefficient (Wildman–Crippen LogP) is 1.75. The van der Waals surface area contributed by atoms with Crippen molar-refractivity contribution in [3.63, 3.8) is 0 Å². The number of aromatic nitrogens is 4. The third kappa shape index (κ3) is 2.84. The summed E-state index contributed by atoms with van der Waals surface area (Å²) in [6.45, 7) is 5.11. The summed E-state index contributed by atoms with van der Waals surface area (Å²) in [6.07, 6.45) is 5.70. The lowest BCUT2D eigenvalue weighted by molar-refractivity contribution is 0.0701. The van der Waals surface area contributed by atoms with Crippen LogP contribution in [0.4, 0.5) is 0 Å². The predicted molar refractivity (Wildman–Crippen MR) is 78.3 cm³/mol. The van der Waals surface area contributed by atoms with Crippen molar-refractivity contribution in [1.29, 1.82) is 0 Å². The Morgan fingerprint density at radius 1 is 1.50 bits per heavy atom. The van der Waals surface area contributed by atoms with Crippen LogP contribution in [0.25, 0.3) is 0 Å². The van der Waals surface area contributed by atoms with E-state index in [-0.39, 0.29) is 11.8 Å². The van der Waals surface area contributed by atoms with Crippen molar-refractivity contribution in [1.82, 2.24) is 25.0 Å². The van der Waals surface area contributed by atoms with Crippen molar-refractivity contribution in [2.75, 3.05) is 13.1 Å². The van der Waals surface area contributed by atoms with Crippen LogP contribution in [0.5, 0.6) is 0 Å². The van der Waals surface area contributed by atoms with E-state index in [1.54, 1.807) is 13.1 Å². The Morgan fingerprint density at radius 3 is 3.09 bits per heavy atom. The fraction of sp³-hybridized carbons (Fsp3) is 0.533. The summed E-state index contributed by atoms with van der Waals surface area (Å²) in [7, 11) is 0. The zero-order valence-electron chi connectivity index (χ0n) is 12.8. The zero-order valence-corrected chi connectivity index (χ0v) is 12.8. The monoisotopic (exact) mass is 301 g/mol. The van der Waals surface area contributed by atoms with Crippen molar-refractivity contribution in [3.05, 3.63) is 35.5 Å². The first-order chi connectivity index (χ1) is 10.7. The third-order valence-corrected chi connectivity index (χ3v) is 3.98. The fourth-order valence-electron chi connectivity index (χ4n) is 2.84. The molecule has 0 bridgehead atoms. The average Bonchev–Trinajstić information content (AvgIpc) is 3.01. The molecule has 7 nitrogen and oxygen atoms in total. The van der Waals surface area contributed by atoms with Gasteiger partial charge in [-0.3, -0.25) is 4.79 Å². The van der Waals surface area contributed by atoms with Crippen LogP contribution in [-0.4, -0.2) is 44.0 Å². The summed E-state index contributed by atoms with van der Waals surface area (Å²) in [4.78, 5) is 27.1. The van der Waals surface area contributed by atoms with Gasteiger partial charge in [-0.2, -0.15) is 4.98 Å². The largest absolute Gasteiger partial charge is 0.340 e. The Kier molecular flexibility index (Phi) is 4.13. The molecule has 0 aromatic carbocycles. The van der Waals surface area contributed by atoms with Gasteiger partial charge in [0.2, 0.25) is 5.89 Å². The average molecular weight is 301 g/mol. The number of nitrogens with zero attached hydrogens (tertiary/aromatic N) is 5. The second-order valence-corrected chi connectivity index (χ2v) is 5.50. The second kappa shape index (κ2) is 6.21. The van der Waals surface area contributed by atoms with E-state index in [0.29, 0.717) is 30.2 Å². The topological polar surface area (TPSA) is 85.0 Å². The Balaban J connectivity index is 1.78. The molecule has 0 N–H and O–H groups in total. The summed E-state index contributed by atoms with van der Waals surface area (Å²) < 4.78 is 5.05. The van der Waals surface area contributed by atoms with Gasteiger partial charge in [-0.1, -0.05) is 12.1 Å². The van der Waals surface area contributed by atoms with Gasteiger partial charge in [-0.15, -0.1) is 0 Å². The molecule has 22 heavy (non-hydrogen) atoms. The number of hydrogen-bond acceptors (Lipinski definition) is 6. The normalized spacial score (nSPS) is 18.5. The van der Waals surface area contributed by atoms with Crippen molar-refractivity contribution in [2.45, 2.75) is 39.0 Å². The van der Waals surface area contributed by atoms with Gasteiger partial charge < -0.3 is 9.42 Å². The maximum absolute atomic E-state index is 12.7. The number of rotatable bonds is 3. The Morgan fingerprint density at radius 2 is 2.36 bits per heavy atom. The van der Waals surface area contributed by atoms with E-state index in [1.807, 2.05) is 11.8 Å². The molecule has 1 unspecified atom stereocenters. The molecule has 0 saturated carbocycles. The van der Waals surface area contributed by atoms with Gasteiger partial charge in [0.15, 0.2) is 5.82 Å². The number of amides is 1. The smallest absolute Gasteiger partial charge is 0.257 e. The first kappa shape index (κ1) is 14.6. The molecule has 2 aromatic rings. The van der Waals surface area contributed by atoms with Crippen LogP contribution >= 0.6 is 0 Å². The lowest BCUT2D eigenvalue weighted by Gasteiger charge is -2.31. The van der Waals surface area contributed by atoms with Crippen LogP contribution in [0.2, 0.25) is 0 Å². The summed E-state index contributed by atoms with van der Waals surface area (Å²) in [5.41, 5.74) is 1.38. The van der Waals surface area contributed by atoms with E-state index in [0.717, 1.165) is 25.1 Å². The SMILES string of the molecule is CCc1ncncc1C(=O)N1CCCC(c2noc(C)n2)C1. The molecule has 3 rings (SSSR count). The molecule has 1 saturated heterocycles. The van der Waals surface area contributed by atoms with Gasteiger partial charge in [0, 0.05) is 32.1 Å². The first-order valence-electron chi connectivity index (χ1n) is 7.57. The number of carbonyl (C=O) groups excluding carboxylic acids is 1. The van der Waals surface area contributed by atoms with Crippen molar-refractivity contribution >= 4 is 5.91 Å². The van der Waals surface area contributed by atoms with E-state index in [4.69, 9.17) is 4.52 Å². The molecule has 0 spiro atoms. The van der Waals surface area contributed by atoms with Crippen LogP contribution in [-0.2, 0) is 6.42 Å². The van der Waals surface area contributed by atoms with Crippen molar-refractivity contribution in [3.8, 4) is 0 Å². The van der Waals surface area contributed by atoms with E-state index >= 15 is 0 Å². The number of hydrogen-bond donors (Lipinski definition) is 0. The summed E-state index contributed by atoms with van der Waals surface area (Å²) in [5.74, 6) is 1.37. The molecule has 1 fully saturated rings. The van der Waals surface area contributed by atoms with Gasteiger partial charge >= 0.3 is 0 Å². The number of aryl methyl sites for hydroxylation is 2. The highest BCUT2D eigenvalue weighted by Crippen LogP contribution is 2.26. The lowest BCUT2D eigenvalue weighted by atomic mass is 9.96. The highest BCUT2D eigenvalue weighted by atomic mass is 16.5. The van der Waals surface area contributed by atoms with Crippen LogP contribution < -0.4 is 0 Å². The molecule has 1 aliphatic rings. The summed E-state index contributed by atoms with van der Waals surface area (Å²) >= 11 is 0. The van der Waals surface area contributed by atoms with Crippen LogP contribution in [0, 0.1) is 6.92 Å². The quantitative estimate of drug-likeness (QED) is 0.858. The number of piperidine rings is 1. The molecule has 1 atom stereocenters. The van der Waals surface area contributed by atoms with Gasteiger partial charge in [0.05, 0.1) is 11.3 Å². The molecule has 3 heterocycles. The molecular formula is C15H19N5O2. The Labute approximate surface area is 128 Å². The van der Waals surface area contributed by atoms with Gasteiger partial charge in [0.1, 0.15) is 6.33 Å². The Bertz CT molecular complexity index is 669. The maximum atomic E-state index is 12.7. The molecule has 0 radical (unpaired) electrons. The standard InChI is InChI=1S/C15H19N5O2/c1-3-13-12(7-16-9-17-13)15(21)20-6-4-5-11(8-20)14-18-10(2)22-19-14/h7,9,11H,3-6,8H2,1-2H3. The van der Waals surface area contributed by atoms with Crippen molar-refractivity contribution in [2.24, 2.45) is 0 Å². The minimum Gasteiger partial charge on any atom is -0.340 e. The molecular weight excluding hydrogens is 282 g/mol. The molecule has 116 valence electrons. The minimum absolute atomic E-state index is 0.0117. The number of carbonyl (C=O) groups is 1. The van der Waals surface area contributed by atoms with E-state index < -0.39 is 0 Å². The lowest BCUT2D eigenvalue weighted by Crippen LogP contribution is -2.39. The van der Waals surface area contributed by atoms with Gasteiger partial charge in [0.25, 0.3) is 5.91 Å². The highest BCUT2D eigenvalue weighted by molar-refractivity contribution is 5.95. The molecule has 1 amide bonds. The molecule has 7 heteroatoms. The van der Waals surface area contributed by atoms with Crippen LogP contribution in [0.15, 0.2) is 17.0 Å². The maximum Gasteiger partial charge on any atom is 0.257 e. The zero-order chi connectivity index (χ0) is 15.5. The van der Waals surface area contributed by atoms with Crippen molar-refractivity contribution < 1.29 is 9.32 Å². The molecule has 2 aromatic heterocycles. The molecule has 1 aliphatic heterocycles. The fourth-order valence-corrected chi connectivity index (χ4v) is 2.84. The summed E-state index contributed by atoms with van der Waals surface area (Å²) in [5, 5.41) is 3.99. The summed E-state index contributed by atoms with van der Waals surface area (Å²) in [6, 6.07) is 0. The second-order valence-electron chi connectivity index (χ2n) is 5.50. The number of likely N-dealkylation sites (tertiary alicyclic amines) is 1. The minimum atomic E-state index is -0.0117. The Hall–Kier alpha value is -2.31. The first-order valence-corrected chi connectivity index (χ1v) is 7.57. The van der Waals surface area contributed by atoms with E-state index in [1.165, 1.54) is 6.33 Å². The van der Waals surface area contributed by atoms with Crippen LogP contribution in [0.3, 0.4) is 0 Å². The van der Waals surface area contributed by atoms with E-state index in [2.05, 4.69) is 20.1 Å². The van der Waals surface area contributed by atoms with E-state index in [9.17, 15) is 4.79 Å². The third-order valence-electron chi connectivity index (χ3n) is 3.98. The van der Waals surface area contributed by atoms with Gasteiger partial charge in [-0.05, 0) is 19.3 Å². The molecule has 0 aliphatic carbocycles.